The number of morpholine rings is 1. The van der Waals surface area contributed by atoms with Crippen molar-refractivity contribution in [3.05, 3.63) is 30.1 Å². The molecule has 9 nitrogen and oxygen atoms in total. The smallest absolute Gasteiger partial charge is 0.325 e. The first-order valence-corrected chi connectivity index (χ1v) is 9.81. The number of carbonyl (C=O) groups is 2. The number of rotatable bonds is 6. The number of para-hydroxylation sites is 1. The van der Waals surface area contributed by atoms with Gasteiger partial charge in [0.1, 0.15) is 5.82 Å². The molecule has 2 N–H and O–H groups in total. The second kappa shape index (κ2) is 9.51. The molecule has 0 radical (unpaired) electrons. The third kappa shape index (κ3) is 4.98. The van der Waals surface area contributed by atoms with Crippen molar-refractivity contribution >= 4 is 35.3 Å². The number of hydrogen-bond donors (Lipinski definition) is 2. The van der Waals surface area contributed by atoms with Gasteiger partial charge in [0.05, 0.1) is 24.7 Å². The molecule has 11 heteroatoms. The van der Waals surface area contributed by atoms with Crippen LogP contribution in [-0.4, -0.2) is 58.8 Å². The first kappa shape index (κ1) is 20.1. The van der Waals surface area contributed by atoms with Gasteiger partial charge in [0.15, 0.2) is 5.16 Å². The van der Waals surface area contributed by atoms with E-state index < -0.39 is 17.8 Å². The van der Waals surface area contributed by atoms with Crippen LogP contribution in [-0.2, 0) is 16.1 Å². The largest absolute Gasteiger partial charge is 0.378 e. The fraction of sp³-hybridized carbons (Fsp3) is 0.412. The molecule has 0 bridgehead atoms. The average molecular weight is 408 g/mol. The Kier molecular flexibility index (Phi) is 6.82. The van der Waals surface area contributed by atoms with E-state index in [4.69, 9.17) is 4.74 Å². The van der Waals surface area contributed by atoms with Crippen LogP contribution in [0.2, 0.25) is 0 Å². The Morgan fingerprint density at radius 3 is 2.71 bits per heavy atom. The quantitative estimate of drug-likeness (QED) is 0.702. The van der Waals surface area contributed by atoms with Crippen LogP contribution < -0.4 is 15.5 Å². The summed E-state index contributed by atoms with van der Waals surface area (Å²) in [7, 11) is 0. The standard InChI is InChI=1S/C17H21FN6O3S/c1-2-24-16(23-7-9-27-10-8-23)21-22-17(24)28-11-14(25)20-15(26)19-13-6-4-3-5-12(13)18/h3-6H,2,7-11H2,1H3,(H2,19,20,25,26). The van der Waals surface area contributed by atoms with Gasteiger partial charge in [-0.05, 0) is 19.1 Å². The van der Waals surface area contributed by atoms with Crippen molar-refractivity contribution in [3.8, 4) is 0 Å². The minimum Gasteiger partial charge on any atom is -0.378 e. The van der Waals surface area contributed by atoms with Crippen LogP contribution in [0.4, 0.5) is 20.8 Å². The lowest BCUT2D eigenvalue weighted by Gasteiger charge is -2.27. The molecule has 2 aromatic rings. The monoisotopic (exact) mass is 408 g/mol. The van der Waals surface area contributed by atoms with Crippen molar-refractivity contribution in [3.63, 3.8) is 0 Å². The highest BCUT2D eigenvalue weighted by Crippen LogP contribution is 2.22. The lowest BCUT2D eigenvalue weighted by molar-refractivity contribution is -0.117. The zero-order valence-corrected chi connectivity index (χ0v) is 16.2. The van der Waals surface area contributed by atoms with Gasteiger partial charge in [0, 0.05) is 19.6 Å². The molecule has 0 atom stereocenters. The number of amides is 3. The van der Waals surface area contributed by atoms with E-state index in [1.807, 2.05) is 11.5 Å². The van der Waals surface area contributed by atoms with Crippen molar-refractivity contribution < 1.29 is 18.7 Å². The molecule has 0 aliphatic carbocycles. The first-order valence-electron chi connectivity index (χ1n) is 8.82. The van der Waals surface area contributed by atoms with E-state index in [1.165, 1.54) is 30.0 Å². The van der Waals surface area contributed by atoms with Crippen molar-refractivity contribution in [1.29, 1.82) is 0 Å². The predicted molar refractivity (Wildman–Crippen MR) is 103 cm³/mol. The fourth-order valence-electron chi connectivity index (χ4n) is 2.67. The number of nitrogens with zero attached hydrogens (tertiary/aromatic N) is 4. The molecule has 28 heavy (non-hydrogen) atoms. The van der Waals surface area contributed by atoms with Crippen LogP contribution in [0.15, 0.2) is 29.4 Å². The lowest BCUT2D eigenvalue weighted by atomic mass is 10.3. The highest BCUT2D eigenvalue weighted by molar-refractivity contribution is 7.99. The maximum absolute atomic E-state index is 13.5. The maximum Gasteiger partial charge on any atom is 0.325 e. The molecule has 1 aliphatic rings. The highest BCUT2D eigenvalue weighted by Gasteiger charge is 2.20. The second-order valence-electron chi connectivity index (χ2n) is 5.90. The summed E-state index contributed by atoms with van der Waals surface area (Å²) in [5.41, 5.74) is 0.00123. The van der Waals surface area contributed by atoms with Gasteiger partial charge in [-0.1, -0.05) is 23.9 Å². The van der Waals surface area contributed by atoms with E-state index in [9.17, 15) is 14.0 Å². The van der Waals surface area contributed by atoms with E-state index in [-0.39, 0.29) is 11.4 Å². The number of thioether (sulfide) groups is 1. The summed E-state index contributed by atoms with van der Waals surface area (Å²) in [5.74, 6) is -0.374. The van der Waals surface area contributed by atoms with Gasteiger partial charge in [0.25, 0.3) is 0 Å². The Morgan fingerprint density at radius 2 is 2.00 bits per heavy atom. The molecule has 0 spiro atoms. The Balaban J connectivity index is 1.53. The van der Waals surface area contributed by atoms with Crippen LogP contribution in [0.5, 0.6) is 0 Å². The van der Waals surface area contributed by atoms with E-state index in [1.54, 1.807) is 6.07 Å². The molecular weight excluding hydrogens is 387 g/mol. The number of carbonyl (C=O) groups excluding carboxylic acids is 2. The summed E-state index contributed by atoms with van der Waals surface area (Å²) in [6.45, 7) is 5.37. The van der Waals surface area contributed by atoms with Crippen molar-refractivity contribution in [2.45, 2.75) is 18.6 Å². The van der Waals surface area contributed by atoms with E-state index in [2.05, 4.69) is 25.7 Å². The Hall–Kier alpha value is -2.66. The summed E-state index contributed by atoms with van der Waals surface area (Å²) in [5, 5.41) is 13.4. The summed E-state index contributed by atoms with van der Waals surface area (Å²) >= 11 is 1.18. The molecule has 1 fully saturated rings. The molecular formula is C17H21FN6O3S. The van der Waals surface area contributed by atoms with E-state index in [0.29, 0.717) is 24.9 Å². The maximum atomic E-state index is 13.5. The summed E-state index contributed by atoms with van der Waals surface area (Å²) < 4.78 is 20.8. The predicted octanol–water partition coefficient (Wildman–Crippen LogP) is 1.71. The molecule has 2 heterocycles. The van der Waals surface area contributed by atoms with Gasteiger partial charge < -0.3 is 15.0 Å². The first-order chi connectivity index (χ1) is 13.6. The van der Waals surface area contributed by atoms with Gasteiger partial charge in [-0.25, -0.2) is 9.18 Å². The number of hydrogen-bond acceptors (Lipinski definition) is 7. The fourth-order valence-corrected chi connectivity index (χ4v) is 3.47. The van der Waals surface area contributed by atoms with E-state index >= 15 is 0 Å². The third-order valence-corrected chi connectivity index (χ3v) is 4.98. The summed E-state index contributed by atoms with van der Waals surface area (Å²) in [6.07, 6.45) is 0. The number of benzene rings is 1. The molecule has 1 aromatic heterocycles. The SMILES string of the molecule is CCn1c(SCC(=O)NC(=O)Nc2ccccc2F)nnc1N1CCOCC1. The van der Waals surface area contributed by atoms with Crippen molar-refractivity contribution in [1.82, 2.24) is 20.1 Å². The molecule has 0 unspecified atom stereocenters. The highest BCUT2D eigenvalue weighted by atomic mass is 32.2. The van der Waals surface area contributed by atoms with Gasteiger partial charge in [-0.15, -0.1) is 10.2 Å². The molecule has 3 amide bonds. The number of aromatic nitrogens is 3. The summed E-state index contributed by atoms with van der Waals surface area (Å²) in [4.78, 5) is 26.0. The Morgan fingerprint density at radius 1 is 1.25 bits per heavy atom. The van der Waals surface area contributed by atoms with Crippen LogP contribution in [0.25, 0.3) is 0 Å². The number of imide groups is 1. The summed E-state index contributed by atoms with van der Waals surface area (Å²) in [6, 6.07) is 4.93. The minimum absolute atomic E-state index is 0.00123. The normalized spacial score (nSPS) is 14.0. The van der Waals surface area contributed by atoms with Crippen LogP contribution >= 0.6 is 11.8 Å². The number of ether oxygens (including phenoxy) is 1. The third-order valence-electron chi connectivity index (χ3n) is 4.01. The Bertz CT molecular complexity index is 840. The molecule has 1 saturated heterocycles. The average Bonchev–Trinajstić information content (AvgIpc) is 3.11. The Labute approximate surface area is 165 Å². The van der Waals surface area contributed by atoms with E-state index in [0.717, 1.165) is 19.0 Å². The van der Waals surface area contributed by atoms with Gasteiger partial charge in [-0.3, -0.25) is 14.7 Å². The van der Waals surface area contributed by atoms with Crippen LogP contribution in [0.3, 0.4) is 0 Å². The van der Waals surface area contributed by atoms with Crippen molar-refractivity contribution in [2.75, 3.05) is 42.3 Å². The number of halogens is 1. The number of nitrogens with one attached hydrogen (secondary N) is 2. The molecule has 150 valence electrons. The molecule has 1 aliphatic heterocycles. The van der Waals surface area contributed by atoms with Gasteiger partial charge >= 0.3 is 6.03 Å². The minimum atomic E-state index is -0.790. The van der Waals surface area contributed by atoms with Crippen LogP contribution in [0, 0.1) is 5.82 Å². The molecule has 1 aromatic carbocycles. The second-order valence-corrected chi connectivity index (χ2v) is 6.84. The topological polar surface area (TPSA) is 101 Å². The number of anilines is 2. The van der Waals surface area contributed by atoms with Gasteiger partial charge in [0.2, 0.25) is 11.9 Å². The van der Waals surface area contributed by atoms with Gasteiger partial charge in [-0.2, -0.15) is 0 Å². The zero-order chi connectivity index (χ0) is 19.9. The lowest BCUT2D eigenvalue weighted by Crippen LogP contribution is -2.38. The van der Waals surface area contributed by atoms with Crippen molar-refractivity contribution in [2.24, 2.45) is 0 Å². The molecule has 3 rings (SSSR count). The zero-order valence-electron chi connectivity index (χ0n) is 15.4. The van der Waals surface area contributed by atoms with Crippen LogP contribution in [0.1, 0.15) is 6.92 Å². The molecule has 0 saturated carbocycles. The number of urea groups is 1.